The second-order valence-electron chi connectivity index (χ2n) is 6.57. The number of carbonyl (C=O) groups is 1. The molecular formula is C22H25N3O4. The van der Waals surface area contributed by atoms with Gasteiger partial charge in [0.2, 0.25) is 11.7 Å². The van der Waals surface area contributed by atoms with Crippen LogP contribution in [-0.2, 0) is 17.8 Å². The summed E-state index contributed by atoms with van der Waals surface area (Å²) >= 11 is 0. The number of benzene rings is 2. The third kappa shape index (κ3) is 4.87. The maximum absolute atomic E-state index is 12.7. The predicted molar refractivity (Wildman–Crippen MR) is 111 cm³/mol. The monoisotopic (exact) mass is 395 g/mol. The second-order valence-corrected chi connectivity index (χ2v) is 6.57. The number of aromatic nitrogens is 2. The van der Waals surface area contributed by atoms with Crippen molar-refractivity contribution in [3.63, 3.8) is 0 Å². The molecule has 7 nitrogen and oxygen atoms in total. The van der Waals surface area contributed by atoms with Crippen molar-refractivity contribution in [3.05, 3.63) is 65.4 Å². The van der Waals surface area contributed by atoms with Gasteiger partial charge in [0.05, 0.1) is 40.0 Å². The van der Waals surface area contributed by atoms with Crippen molar-refractivity contribution in [2.75, 3.05) is 26.6 Å². The molecule has 7 heteroatoms. The van der Waals surface area contributed by atoms with Gasteiger partial charge in [-0.1, -0.05) is 30.3 Å². The average Bonchev–Trinajstić information content (AvgIpc) is 3.06. The van der Waals surface area contributed by atoms with Crippen molar-refractivity contribution >= 4 is 11.7 Å². The lowest BCUT2D eigenvalue weighted by atomic mass is 10.1. The van der Waals surface area contributed by atoms with Crippen molar-refractivity contribution in [2.45, 2.75) is 19.9 Å². The first kappa shape index (κ1) is 20.3. The van der Waals surface area contributed by atoms with Gasteiger partial charge < -0.3 is 19.5 Å². The maximum atomic E-state index is 12.7. The fourth-order valence-corrected chi connectivity index (χ4v) is 3.13. The summed E-state index contributed by atoms with van der Waals surface area (Å²) in [6.45, 7) is 2.48. The molecule has 0 fully saturated rings. The Labute approximate surface area is 170 Å². The number of ether oxygens (including phenoxy) is 3. The molecule has 0 aliphatic rings. The number of nitrogens with one attached hydrogen (secondary N) is 1. The molecule has 0 saturated heterocycles. The summed E-state index contributed by atoms with van der Waals surface area (Å²) in [4.78, 5) is 12.7. The molecule has 1 heterocycles. The van der Waals surface area contributed by atoms with Gasteiger partial charge in [0, 0.05) is 6.07 Å². The molecule has 0 aliphatic carbocycles. The Morgan fingerprint density at radius 1 is 0.966 bits per heavy atom. The quantitative estimate of drug-likeness (QED) is 0.632. The molecule has 0 unspecified atom stereocenters. The van der Waals surface area contributed by atoms with E-state index in [1.165, 1.54) is 0 Å². The second kappa shape index (κ2) is 9.14. The number of rotatable bonds is 8. The zero-order valence-electron chi connectivity index (χ0n) is 17.1. The molecule has 2 aromatic carbocycles. The normalized spacial score (nSPS) is 10.5. The first-order chi connectivity index (χ1) is 14.0. The third-order valence-electron chi connectivity index (χ3n) is 4.43. The van der Waals surface area contributed by atoms with Crippen molar-refractivity contribution in [3.8, 4) is 17.2 Å². The van der Waals surface area contributed by atoms with Crippen LogP contribution in [0, 0.1) is 6.92 Å². The van der Waals surface area contributed by atoms with E-state index < -0.39 is 0 Å². The van der Waals surface area contributed by atoms with Gasteiger partial charge in [-0.2, -0.15) is 5.10 Å². The largest absolute Gasteiger partial charge is 0.493 e. The number of carbonyl (C=O) groups excluding carboxylic acids is 1. The summed E-state index contributed by atoms with van der Waals surface area (Å²) in [6.07, 6.45) is 0.159. The molecule has 1 N–H and O–H groups in total. The fourth-order valence-electron chi connectivity index (χ4n) is 3.13. The molecule has 1 amide bonds. The van der Waals surface area contributed by atoms with Crippen LogP contribution in [0.1, 0.15) is 16.8 Å². The molecule has 0 spiro atoms. The maximum Gasteiger partial charge on any atom is 0.229 e. The first-order valence-electron chi connectivity index (χ1n) is 9.21. The van der Waals surface area contributed by atoms with Crippen LogP contribution in [0.15, 0.2) is 48.5 Å². The van der Waals surface area contributed by atoms with Gasteiger partial charge in [-0.15, -0.1) is 0 Å². The van der Waals surface area contributed by atoms with Gasteiger partial charge in [-0.25, -0.2) is 4.68 Å². The number of aryl methyl sites for hydroxylation is 1. The number of anilines is 1. The highest BCUT2D eigenvalue weighted by atomic mass is 16.5. The van der Waals surface area contributed by atoms with Gasteiger partial charge in [0.1, 0.15) is 5.82 Å². The summed E-state index contributed by atoms with van der Waals surface area (Å²) < 4.78 is 17.8. The van der Waals surface area contributed by atoms with E-state index in [0.717, 1.165) is 16.8 Å². The third-order valence-corrected chi connectivity index (χ3v) is 4.43. The lowest BCUT2D eigenvalue weighted by molar-refractivity contribution is -0.115. The Balaban J connectivity index is 1.76. The number of hydrogen-bond donors (Lipinski definition) is 1. The van der Waals surface area contributed by atoms with Crippen molar-refractivity contribution in [1.82, 2.24) is 9.78 Å². The van der Waals surface area contributed by atoms with E-state index in [2.05, 4.69) is 10.4 Å². The SMILES string of the molecule is COc1cc(CC(=O)Nc2cc(C)nn2Cc2ccccc2)cc(OC)c1OC. The van der Waals surface area contributed by atoms with E-state index in [4.69, 9.17) is 14.2 Å². The van der Waals surface area contributed by atoms with Crippen LogP contribution in [0.25, 0.3) is 0 Å². The standard InChI is InChI=1S/C22H25N3O4/c1-15-10-20(25(24-15)14-16-8-6-5-7-9-16)23-21(26)13-17-11-18(27-2)22(29-4)19(12-17)28-3/h5-12H,13-14H2,1-4H3,(H,23,26). The zero-order chi connectivity index (χ0) is 20.8. The highest BCUT2D eigenvalue weighted by Gasteiger charge is 2.16. The molecule has 152 valence electrons. The Bertz CT molecular complexity index is 958. The summed E-state index contributed by atoms with van der Waals surface area (Å²) in [7, 11) is 4.64. The molecule has 0 aliphatic heterocycles. The van der Waals surface area contributed by atoms with Crippen LogP contribution in [-0.4, -0.2) is 37.0 Å². The minimum absolute atomic E-state index is 0.159. The minimum atomic E-state index is -0.159. The molecule has 29 heavy (non-hydrogen) atoms. The van der Waals surface area contributed by atoms with E-state index in [0.29, 0.717) is 29.6 Å². The summed E-state index contributed by atoms with van der Waals surface area (Å²) in [6, 6.07) is 15.4. The van der Waals surface area contributed by atoms with Crippen LogP contribution >= 0.6 is 0 Å². The molecule has 0 radical (unpaired) electrons. The smallest absolute Gasteiger partial charge is 0.229 e. The van der Waals surface area contributed by atoms with Gasteiger partial charge >= 0.3 is 0 Å². The molecule has 0 atom stereocenters. The van der Waals surface area contributed by atoms with Crippen LogP contribution < -0.4 is 19.5 Å². The predicted octanol–water partition coefficient (Wildman–Crippen LogP) is 3.45. The molecule has 3 aromatic rings. The lowest BCUT2D eigenvalue weighted by Crippen LogP contribution is -2.18. The fraction of sp³-hybridized carbons (Fsp3) is 0.273. The molecular weight excluding hydrogens is 370 g/mol. The Kier molecular flexibility index (Phi) is 6.39. The number of amides is 1. The van der Waals surface area contributed by atoms with E-state index >= 15 is 0 Å². The van der Waals surface area contributed by atoms with Gasteiger partial charge in [-0.05, 0) is 30.2 Å². The van der Waals surface area contributed by atoms with Crippen molar-refractivity contribution in [1.29, 1.82) is 0 Å². The van der Waals surface area contributed by atoms with E-state index in [1.54, 1.807) is 38.1 Å². The minimum Gasteiger partial charge on any atom is -0.493 e. The van der Waals surface area contributed by atoms with Gasteiger partial charge in [0.25, 0.3) is 0 Å². The zero-order valence-corrected chi connectivity index (χ0v) is 17.1. The Morgan fingerprint density at radius 3 is 2.21 bits per heavy atom. The topological polar surface area (TPSA) is 74.6 Å². The molecule has 0 saturated carbocycles. The first-order valence-corrected chi connectivity index (χ1v) is 9.21. The number of hydrogen-bond acceptors (Lipinski definition) is 5. The number of nitrogens with zero attached hydrogens (tertiary/aromatic N) is 2. The summed E-state index contributed by atoms with van der Waals surface area (Å²) in [5.41, 5.74) is 2.70. The Morgan fingerprint density at radius 2 is 1.62 bits per heavy atom. The number of methoxy groups -OCH3 is 3. The van der Waals surface area contributed by atoms with Gasteiger partial charge in [-0.3, -0.25) is 4.79 Å². The van der Waals surface area contributed by atoms with Crippen LogP contribution in [0.3, 0.4) is 0 Å². The van der Waals surface area contributed by atoms with E-state index in [1.807, 2.05) is 43.3 Å². The highest BCUT2D eigenvalue weighted by Crippen LogP contribution is 2.38. The molecule has 1 aromatic heterocycles. The highest BCUT2D eigenvalue weighted by molar-refractivity contribution is 5.91. The summed E-state index contributed by atoms with van der Waals surface area (Å²) in [5, 5.41) is 7.44. The average molecular weight is 395 g/mol. The van der Waals surface area contributed by atoms with Crippen LogP contribution in [0.2, 0.25) is 0 Å². The van der Waals surface area contributed by atoms with E-state index in [-0.39, 0.29) is 12.3 Å². The summed E-state index contributed by atoms with van der Waals surface area (Å²) in [5.74, 6) is 2.02. The van der Waals surface area contributed by atoms with Crippen molar-refractivity contribution < 1.29 is 19.0 Å². The van der Waals surface area contributed by atoms with Crippen LogP contribution in [0.4, 0.5) is 5.82 Å². The molecule has 0 bridgehead atoms. The van der Waals surface area contributed by atoms with Crippen molar-refractivity contribution in [2.24, 2.45) is 0 Å². The lowest BCUT2D eigenvalue weighted by Gasteiger charge is -2.14. The van der Waals surface area contributed by atoms with E-state index in [9.17, 15) is 4.79 Å². The van der Waals surface area contributed by atoms with Gasteiger partial charge in [0.15, 0.2) is 11.5 Å². The Hall–Kier alpha value is -3.48. The molecule has 3 rings (SSSR count). The van der Waals surface area contributed by atoms with Crippen LogP contribution in [0.5, 0.6) is 17.2 Å².